The standard InChI is InChI=1S/C23H22N2O/c26-22(15-18-7-3-1-4-8-18)16-19-11-13-20-17-24-25(23(20)14-12-19)21-9-5-2-6-10-21/h1-12,14,24H,13,15-17H2. The van der Waals surface area contributed by atoms with Gasteiger partial charge in [-0.3, -0.25) is 9.80 Å². The van der Waals surface area contributed by atoms with Crippen LogP contribution >= 0.6 is 0 Å². The molecule has 26 heavy (non-hydrogen) atoms. The molecule has 2 aliphatic rings. The van der Waals surface area contributed by atoms with Crippen molar-refractivity contribution in [2.24, 2.45) is 0 Å². The Kier molecular flexibility index (Phi) is 4.80. The Morgan fingerprint density at radius 1 is 0.923 bits per heavy atom. The van der Waals surface area contributed by atoms with Crippen molar-refractivity contribution in [1.82, 2.24) is 5.43 Å². The van der Waals surface area contributed by atoms with E-state index in [2.05, 4.69) is 40.8 Å². The van der Waals surface area contributed by atoms with Crippen molar-refractivity contribution in [3.8, 4) is 0 Å². The molecular formula is C23H22N2O. The summed E-state index contributed by atoms with van der Waals surface area (Å²) in [6.07, 6.45) is 8.29. The Morgan fingerprint density at radius 2 is 1.65 bits per heavy atom. The molecule has 0 aromatic heterocycles. The number of carbonyl (C=O) groups excluding carboxylic acids is 1. The molecule has 0 amide bonds. The summed E-state index contributed by atoms with van der Waals surface area (Å²) in [5, 5.41) is 2.13. The van der Waals surface area contributed by atoms with Crippen LogP contribution in [0.1, 0.15) is 18.4 Å². The molecule has 4 rings (SSSR count). The summed E-state index contributed by atoms with van der Waals surface area (Å²) in [6, 6.07) is 20.3. The van der Waals surface area contributed by atoms with Crippen LogP contribution in [-0.2, 0) is 11.2 Å². The Labute approximate surface area is 154 Å². The fraction of sp³-hybridized carbons (Fsp3) is 0.174. The molecular weight excluding hydrogens is 320 g/mol. The number of Topliss-reactive ketones (excluding diaryl/α,β-unsaturated/α-hetero) is 1. The Balaban J connectivity index is 1.44. The molecule has 0 spiro atoms. The summed E-state index contributed by atoms with van der Waals surface area (Å²) in [5.41, 5.74) is 9.31. The maximum absolute atomic E-state index is 12.4. The number of benzene rings is 2. The number of para-hydroxylation sites is 1. The van der Waals surface area contributed by atoms with Crippen LogP contribution in [0.25, 0.3) is 0 Å². The molecule has 0 bridgehead atoms. The molecule has 130 valence electrons. The number of anilines is 1. The lowest BCUT2D eigenvalue weighted by Gasteiger charge is -2.20. The second kappa shape index (κ2) is 7.54. The number of rotatable bonds is 5. The Hall–Kier alpha value is -2.91. The van der Waals surface area contributed by atoms with Crippen LogP contribution in [0.5, 0.6) is 0 Å². The van der Waals surface area contributed by atoms with Crippen LogP contribution < -0.4 is 10.4 Å². The molecule has 1 N–H and O–H groups in total. The van der Waals surface area contributed by atoms with Gasteiger partial charge in [0.25, 0.3) is 0 Å². The Bertz CT molecular complexity index is 879. The fourth-order valence-electron chi connectivity index (χ4n) is 3.44. The molecule has 3 heteroatoms. The van der Waals surface area contributed by atoms with Gasteiger partial charge >= 0.3 is 0 Å². The van der Waals surface area contributed by atoms with Crippen molar-refractivity contribution in [3.05, 3.63) is 101 Å². The van der Waals surface area contributed by atoms with Gasteiger partial charge in [-0.1, -0.05) is 60.7 Å². The van der Waals surface area contributed by atoms with Crippen LogP contribution in [0.3, 0.4) is 0 Å². The van der Waals surface area contributed by atoms with E-state index in [1.165, 1.54) is 11.3 Å². The number of allylic oxidation sites excluding steroid dienone is 4. The minimum atomic E-state index is 0.257. The van der Waals surface area contributed by atoms with Crippen molar-refractivity contribution >= 4 is 11.5 Å². The van der Waals surface area contributed by atoms with E-state index < -0.39 is 0 Å². The second-order valence-electron chi connectivity index (χ2n) is 6.69. The lowest BCUT2D eigenvalue weighted by atomic mass is 10.0. The topological polar surface area (TPSA) is 32.3 Å². The van der Waals surface area contributed by atoms with Gasteiger partial charge in [0.2, 0.25) is 0 Å². The third kappa shape index (κ3) is 3.68. The van der Waals surface area contributed by atoms with Gasteiger partial charge in [-0.15, -0.1) is 0 Å². The molecule has 1 heterocycles. The van der Waals surface area contributed by atoms with E-state index in [0.29, 0.717) is 12.8 Å². The maximum Gasteiger partial charge on any atom is 0.141 e. The molecule has 0 radical (unpaired) electrons. The zero-order valence-electron chi connectivity index (χ0n) is 14.7. The van der Waals surface area contributed by atoms with Gasteiger partial charge in [-0.05, 0) is 41.3 Å². The van der Waals surface area contributed by atoms with Gasteiger partial charge in [-0.2, -0.15) is 0 Å². The summed E-state index contributed by atoms with van der Waals surface area (Å²) >= 11 is 0. The van der Waals surface area contributed by atoms with E-state index in [0.717, 1.165) is 29.8 Å². The van der Waals surface area contributed by atoms with Crippen molar-refractivity contribution in [2.75, 3.05) is 11.6 Å². The van der Waals surface area contributed by atoms with Gasteiger partial charge < -0.3 is 0 Å². The maximum atomic E-state index is 12.4. The smallest absolute Gasteiger partial charge is 0.141 e. The first-order chi connectivity index (χ1) is 12.8. The first-order valence-corrected chi connectivity index (χ1v) is 9.03. The van der Waals surface area contributed by atoms with Gasteiger partial charge in [0, 0.05) is 19.4 Å². The monoisotopic (exact) mass is 342 g/mol. The van der Waals surface area contributed by atoms with Crippen LogP contribution in [0.15, 0.2) is 95.7 Å². The number of hydrogen-bond donors (Lipinski definition) is 1. The zero-order chi connectivity index (χ0) is 17.8. The largest absolute Gasteiger partial charge is 0.299 e. The van der Waals surface area contributed by atoms with Crippen molar-refractivity contribution in [3.63, 3.8) is 0 Å². The number of ketones is 1. The number of nitrogens with zero attached hydrogens (tertiary/aromatic N) is 1. The summed E-state index contributed by atoms with van der Waals surface area (Å²) in [6.45, 7) is 0.844. The highest BCUT2D eigenvalue weighted by Gasteiger charge is 2.22. The average molecular weight is 342 g/mol. The van der Waals surface area contributed by atoms with E-state index in [-0.39, 0.29) is 5.78 Å². The van der Waals surface area contributed by atoms with Crippen LogP contribution in [-0.4, -0.2) is 12.3 Å². The van der Waals surface area contributed by atoms with E-state index in [1.54, 1.807) is 0 Å². The number of carbonyl (C=O) groups is 1. The molecule has 1 aliphatic heterocycles. The van der Waals surface area contributed by atoms with E-state index >= 15 is 0 Å². The first kappa shape index (κ1) is 16.6. The van der Waals surface area contributed by atoms with Crippen LogP contribution in [0.2, 0.25) is 0 Å². The molecule has 2 aromatic rings. The van der Waals surface area contributed by atoms with Crippen molar-refractivity contribution in [1.29, 1.82) is 0 Å². The highest BCUT2D eigenvalue weighted by atomic mass is 16.1. The third-order valence-corrected chi connectivity index (χ3v) is 4.78. The predicted octanol–water partition coefficient (Wildman–Crippen LogP) is 4.35. The summed E-state index contributed by atoms with van der Waals surface area (Å²) in [4.78, 5) is 12.4. The van der Waals surface area contributed by atoms with Gasteiger partial charge in [0.1, 0.15) is 5.78 Å². The van der Waals surface area contributed by atoms with Gasteiger partial charge in [-0.25, -0.2) is 5.43 Å². The number of nitrogens with one attached hydrogen (secondary N) is 1. The van der Waals surface area contributed by atoms with Gasteiger partial charge in [0.05, 0.1) is 11.4 Å². The molecule has 1 aliphatic carbocycles. The van der Waals surface area contributed by atoms with Crippen LogP contribution in [0.4, 0.5) is 5.69 Å². The molecule has 0 atom stereocenters. The molecule has 0 fully saturated rings. The lowest BCUT2D eigenvalue weighted by Crippen LogP contribution is -2.31. The average Bonchev–Trinajstić information content (AvgIpc) is 2.98. The minimum absolute atomic E-state index is 0.257. The third-order valence-electron chi connectivity index (χ3n) is 4.78. The van der Waals surface area contributed by atoms with E-state index in [1.807, 2.05) is 48.5 Å². The summed E-state index contributed by atoms with van der Waals surface area (Å²) in [5.74, 6) is 0.257. The highest BCUT2D eigenvalue weighted by Crippen LogP contribution is 2.29. The molecule has 0 saturated heterocycles. The zero-order valence-corrected chi connectivity index (χ0v) is 14.7. The van der Waals surface area contributed by atoms with E-state index in [4.69, 9.17) is 0 Å². The van der Waals surface area contributed by atoms with Crippen molar-refractivity contribution in [2.45, 2.75) is 19.3 Å². The fourth-order valence-corrected chi connectivity index (χ4v) is 3.44. The second-order valence-corrected chi connectivity index (χ2v) is 6.69. The van der Waals surface area contributed by atoms with E-state index in [9.17, 15) is 4.79 Å². The Morgan fingerprint density at radius 3 is 2.42 bits per heavy atom. The van der Waals surface area contributed by atoms with Gasteiger partial charge in [0.15, 0.2) is 0 Å². The predicted molar refractivity (Wildman–Crippen MR) is 106 cm³/mol. The lowest BCUT2D eigenvalue weighted by molar-refractivity contribution is -0.117. The van der Waals surface area contributed by atoms with Crippen molar-refractivity contribution < 1.29 is 4.79 Å². The minimum Gasteiger partial charge on any atom is -0.299 e. The normalized spacial score (nSPS) is 16.3. The molecule has 2 aromatic carbocycles. The summed E-state index contributed by atoms with van der Waals surface area (Å²) < 4.78 is 0. The quantitative estimate of drug-likeness (QED) is 0.876. The summed E-state index contributed by atoms with van der Waals surface area (Å²) in [7, 11) is 0. The first-order valence-electron chi connectivity index (χ1n) is 9.03. The molecule has 0 saturated carbocycles. The molecule has 0 unspecified atom stereocenters. The SMILES string of the molecule is O=C(CC1=CCC2=C(C=C1)N(c1ccccc1)NC2)Cc1ccccc1. The number of hydrogen-bond acceptors (Lipinski definition) is 3. The van der Waals surface area contributed by atoms with Crippen LogP contribution in [0, 0.1) is 0 Å². The highest BCUT2D eigenvalue weighted by molar-refractivity contribution is 5.83. The molecule has 3 nitrogen and oxygen atoms in total. The number of hydrazine groups is 1.